The Morgan fingerprint density at radius 2 is 2.04 bits per heavy atom. The Bertz CT molecular complexity index is 851. The number of ether oxygens (including phenoxy) is 1. The zero-order chi connectivity index (χ0) is 19.8. The monoisotopic (exact) mass is 395 g/mol. The third kappa shape index (κ3) is 4.24. The van der Waals surface area contributed by atoms with Gasteiger partial charge in [0, 0.05) is 27.1 Å². The van der Waals surface area contributed by atoms with Crippen molar-refractivity contribution >= 4 is 33.3 Å². The molecule has 27 heavy (non-hydrogen) atoms. The standard InChI is InChI=1S/C18H25N3O5S/c1-12-15(19-27(24,25)11-17(26-3)14-7-8-14)5-4-6-16(12)21-10-9-20(13(2)22)18(21)23/h4-6,14,17,19H,7-11H2,1-3H3. The highest BCUT2D eigenvalue weighted by Crippen LogP contribution is 2.35. The number of imide groups is 1. The summed E-state index contributed by atoms with van der Waals surface area (Å²) < 4.78 is 33.1. The molecule has 1 heterocycles. The van der Waals surface area contributed by atoms with Crippen molar-refractivity contribution in [2.24, 2.45) is 5.92 Å². The van der Waals surface area contributed by atoms with Gasteiger partial charge in [-0.3, -0.25) is 19.3 Å². The van der Waals surface area contributed by atoms with Crippen molar-refractivity contribution in [1.29, 1.82) is 0 Å². The normalized spacial score (nSPS) is 18.7. The van der Waals surface area contributed by atoms with Crippen LogP contribution in [-0.2, 0) is 19.6 Å². The van der Waals surface area contributed by atoms with Gasteiger partial charge in [0.2, 0.25) is 15.9 Å². The first kappa shape index (κ1) is 19.6. The average molecular weight is 395 g/mol. The molecule has 1 aliphatic carbocycles. The number of benzene rings is 1. The fraction of sp³-hybridized carbons (Fsp3) is 0.556. The van der Waals surface area contributed by atoms with Gasteiger partial charge in [0.15, 0.2) is 0 Å². The molecule has 0 bridgehead atoms. The molecule has 3 amide bonds. The summed E-state index contributed by atoms with van der Waals surface area (Å²) >= 11 is 0. The summed E-state index contributed by atoms with van der Waals surface area (Å²) in [6.07, 6.45) is 1.67. The zero-order valence-electron chi connectivity index (χ0n) is 15.8. The summed E-state index contributed by atoms with van der Waals surface area (Å²) in [4.78, 5) is 26.6. The van der Waals surface area contributed by atoms with Gasteiger partial charge in [0.1, 0.15) is 0 Å². The van der Waals surface area contributed by atoms with E-state index in [-0.39, 0.29) is 17.8 Å². The molecule has 2 aliphatic rings. The molecule has 1 aromatic rings. The second-order valence-corrected chi connectivity index (χ2v) is 8.82. The third-order valence-electron chi connectivity index (χ3n) is 5.08. The van der Waals surface area contributed by atoms with Crippen LogP contribution in [-0.4, -0.2) is 57.3 Å². The van der Waals surface area contributed by atoms with Gasteiger partial charge in [0.05, 0.1) is 23.2 Å². The van der Waals surface area contributed by atoms with E-state index in [0.29, 0.717) is 35.9 Å². The number of hydrogen-bond acceptors (Lipinski definition) is 5. The molecule has 1 saturated heterocycles. The van der Waals surface area contributed by atoms with Crippen molar-refractivity contribution in [1.82, 2.24) is 4.90 Å². The van der Waals surface area contributed by atoms with Gasteiger partial charge in [-0.05, 0) is 43.4 Å². The Morgan fingerprint density at radius 1 is 1.33 bits per heavy atom. The van der Waals surface area contributed by atoms with Crippen molar-refractivity contribution in [3.05, 3.63) is 23.8 Å². The van der Waals surface area contributed by atoms with E-state index in [2.05, 4.69) is 4.72 Å². The summed E-state index contributed by atoms with van der Waals surface area (Å²) in [6.45, 7) is 3.81. The minimum Gasteiger partial charge on any atom is -0.380 e. The fourth-order valence-electron chi connectivity index (χ4n) is 3.37. The number of urea groups is 1. The van der Waals surface area contributed by atoms with Crippen LogP contribution in [0.15, 0.2) is 18.2 Å². The molecule has 3 rings (SSSR count). The van der Waals surface area contributed by atoms with Crippen molar-refractivity contribution < 1.29 is 22.7 Å². The molecular formula is C18H25N3O5S. The quantitative estimate of drug-likeness (QED) is 0.761. The lowest BCUT2D eigenvalue weighted by Crippen LogP contribution is -2.35. The van der Waals surface area contributed by atoms with Crippen LogP contribution in [0.5, 0.6) is 0 Å². The third-order valence-corrected chi connectivity index (χ3v) is 6.38. The van der Waals surface area contributed by atoms with E-state index in [1.54, 1.807) is 25.1 Å². The molecule has 1 aliphatic heterocycles. The molecule has 1 atom stereocenters. The van der Waals surface area contributed by atoms with E-state index < -0.39 is 16.1 Å². The molecule has 1 N–H and O–H groups in total. The van der Waals surface area contributed by atoms with Gasteiger partial charge < -0.3 is 4.74 Å². The van der Waals surface area contributed by atoms with Gasteiger partial charge in [-0.25, -0.2) is 13.2 Å². The van der Waals surface area contributed by atoms with Crippen molar-refractivity contribution in [3.63, 3.8) is 0 Å². The largest absolute Gasteiger partial charge is 0.380 e. The Morgan fingerprint density at radius 3 is 2.59 bits per heavy atom. The Balaban J connectivity index is 1.79. The van der Waals surface area contributed by atoms with Crippen LogP contribution in [0.2, 0.25) is 0 Å². The fourth-order valence-corrected chi connectivity index (χ4v) is 4.85. The van der Waals surface area contributed by atoms with Crippen molar-refractivity contribution in [2.75, 3.05) is 35.6 Å². The number of amides is 3. The average Bonchev–Trinajstić information content (AvgIpc) is 3.37. The number of nitrogens with one attached hydrogen (secondary N) is 1. The molecule has 8 nitrogen and oxygen atoms in total. The second kappa shape index (κ2) is 7.47. The Labute approximate surface area is 159 Å². The summed E-state index contributed by atoms with van der Waals surface area (Å²) in [5.41, 5.74) is 1.65. The van der Waals surface area contributed by atoms with Crippen LogP contribution in [0.3, 0.4) is 0 Å². The number of nitrogens with zero attached hydrogens (tertiary/aromatic N) is 2. The van der Waals surface area contributed by atoms with Crippen molar-refractivity contribution in [2.45, 2.75) is 32.8 Å². The number of hydrogen-bond donors (Lipinski definition) is 1. The predicted molar refractivity (Wildman–Crippen MR) is 102 cm³/mol. The smallest absolute Gasteiger partial charge is 0.331 e. The SMILES string of the molecule is COC(CS(=O)(=O)Nc1cccc(N2CCN(C(C)=O)C2=O)c1C)C1CC1. The molecule has 1 aromatic carbocycles. The summed E-state index contributed by atoms with van der Waals surface area (Å²) in [6, 6.07) is 4.72. The summed E-state index contributed by atoms with van der Waals surface area (Å²) in [7, 11) is -2.06. The summed E-state index contributed by atoms with van der Waals surface area (Å²) in [5.74, 6) is -0.0972. The van der Waals surface area contributed by atoms with Crippen LogP contribution in [0, 0.1) is 12.8 Å². The second-order valence-electron chi connectivity index (χ2n) is 7.05. The van der Waals surface area contributed by atoms with Crippen LogP contribution in [0.4, 0.5) is 16.2 Å². The number of carbonyl (C=O) groups excluding carboxylic acids is 2. The minimum atomic E-state index is -3.59. The van der Waals surface area contributed by atoms with Crippen LogP contribution in [0.1, 0.15) is 25.3 Å². The lowest BCUT2D eigenvalue weighted by Gasteiger charge is -2.21. The lowest BCUT2D eigenvalue weighted by atomic mass is 10.1. The van der Waals surface area contributed by atoms with Gasteiger partial charge in [-0.1, -0.05) is 6.07 Å². The zero-order valence-corrected chi connectivity index (χ0v) is 16.6. The van der Waals surface area contributed by atoms with E-state index in [1.807, 2.05) is 0 Å². The molecule has 1 saturated carbocycles. The molecule has 148 valence electrons. The number of rotatable bonds is 7. The lowest BCUT2D eigenvalue weighted by molar-refractivity contribution is -0.125. The van der Waals surface area contributed by atoms with E-state index >= 15 is 0 Å². The first-order valence-corrected chi connectivity index (χ1v) is 10.6. The Hall–Kier alpha value is -2.13. The maximum absolute atomic E-state index is 12.6. The highest BCUT2D eigenvalue weighted by atomic mass is 32.2. The van der Waals surface area contributed by atoms with Gasteiger partial charge >= 0.3 is 6.03 Å². The maximum Gasteiger partial charge on any atom is 0.331 e. The van der Waals surface area contributed by atoms with E-state index in [1.165, 1.54) is 23.8 Å². The van der Waals surface area contributed by atoms with E-state index in [4.69, 9.17) is 4.74 Å². The topological polar surface area (TPSA) is 96.0 Å². The first-order valence-electron chi connectivity index (χ1n) is 8.96. The van der Waals surface area contributed by atoms with Gasteiger partial charge in [0.25, 0.3) is 0 Å². The molecule has 2 fully saturated rings. The Kier molecular flexibility index (Phi) is 5.43. The highest BCUT2D eigenvalue weighted by Gasteiger charge is 2.35. The minimum absolute atomic E-state index is 0.0986. The number of carbonyl (C=O) groups is 2. The molecule has 0 radical (unpaired) electrons. The number of sulfonamides is 1. The maximum atomic E-state index is 12.6. The van der Waals surface area contributed by atoms with Crippen LogP contribution in [0.25, 0.3) is 0 Å². The van der Waals surface area contributed by atoms with Crippen LogP contribution >= 0.6 is 0 Å². The summed E-state index contributed by atoms with van der Waals surface area (Å²) in [5, 5.41) is 0. The van der Waals surface area contributed by atoms with Crippen LogP contribution < -0.4 is 9.62 Å². The van der Waals surface area contributed by atoms with E-state index in [9.17, 15) is 18.0 Å². The molecule has 9 heteroatoms. The van der Waals surface area contributed by atoms with Crippen molar-refractivity contribution in [3.8, 4) is 0 Å². The predicted octanol–water partition coefficient (Wildman–Crippen LogP) is 1.95. The molecule has 1 unspecified atom stereocenters. The highest BCUT2D eigenvalue weighted by molar-refractivity contribution is 7.92. The van der Waals surface area contributed by atoms with E-state index in [0.717, 1.165) is 12.8 Å². The molecular weight excluding hydrogens is 370 g/mol. The number of methoxy groups -OCH3 is 1. The van der Waals surface area contributed by atoms with Gasteiger partial charge in [-0.2, -0.15) is 0 Å². The molecule has 0 spiro atoms. The number of anilines is 2. The first-order chi connectivity index (χ1) is 12.7. The molecule has 0 aromatic heterocycles. The van der Waals surface area contributed by atoms with Gasteiger partial charge in [-0.15, -0.1) is 0 Å².